The first kappa shape index (κ1) is 10.6. The Kier molecular flexibility index (Phi) is 3.79. The minimum Gasteiger partial charge on any atom is -0.347 e. The zero-order chi connectivity index (χ0) is 9.84. The van der Waals surface area contributed by atoms with E-state index in [1.54, 1.807) is 4.90 Å². The summed E-state index contributed by atoms with van der Waals surface area (Å²) < 4.78 is 0. The van der Waals surface area contributed by atoms with Gasteiger partial charge in [-0.1, -0.05) is 13.3 Å². The Balaban J connectivity index is 2.53. The molecule has 0 aliphatic carbocycles. The van der Waals surface area contributed by atoms with Gasteiger partial charge in [0.15, 0.2) is 0 Å². The van der Waals surface area contributed by atoms with Crippen LogP contribution in [0.5, 0.6) is 0 Å². The third-order valence-electron chi connectivity index (χ3n) is 2.59. The SMILES string of the molecule is [B]C1CCCCN1C(=O)C(N)CC. The van der Waals surface area contributed by atoms with E-state index in [1.807, 2.05) is 6.92 Å². The number of piperidine rings is 1. The van der Waals surface area contributed by atoms with Crippen LogP contribution < -0.4 is 5.73 Å². The molecule has 1 fully saturated rings. The van der Waals surface area contributed by atoms with Gasteiger partial charge in [-0.25, -0.2) is 0 Å². The van der Waals surface area contributed by atoms with Crippen LogP contribution in [0.25, 0.3) is 0 Å². The molecule has 0 aromatic heterocycles. The van der Waals surface area contributed by atoms with Gasteiger partial charge in [0.05, 0.1) is 13.9 Å². The van der Waals surface area contributed by atoms with Crippen molar-refractivity contribution in [3.63, 3.8) is 0 Å². The molecular formula is C9H17BN2O. The maximum Gasteiger partial charge on any atom is 0.239 e. The van der Waals surface area contributed by atoms with Crippen molar-refractivity contribution in [2.24, 2.45) is 5.73 Å². The molecule has 0 aromatic carbocycles. The van der Waals surface area contributed by atoms with Gasteiger partial charge in [0, 0.05) is 6.54 Å². The first-order chi connectivity index (χ1) is 6.16. The fraction of sp³-hybridized carbons (Fsp3) is 0.889. The summed E-state index contributed by atoms with van der Waals surface area (Å²) in [7, 11) is 5.82. The van der Waals surface area contributed by atoms with E-state index in [0.717, 1.165) is 25.8 Å². The van der Waals surface area contributed by atoms with Gasteiger partial charge in [0.25, 0.3) is 0 Å². The van der Waals surface area contributed by atoms with Gasteiger partial charge in [0.1, 0.15) is 0 Å². The molecule has 2 unspecified atom stereocenters. The molecule has 2 atom stereocenters. The lowest BCUT2D eigenvalue weighted by Crippen LogP contribution is -2.50. The monoisotopic (exact) mass is 180 g/mol. The second-order valence-corrected chi connectivity index (χ2v) is 3.61. The highest BCUT2D eigenvalue weighted by molar-refractivity contribution is 6.13. The molecule has 4 heteroatoms. The highest BCUT2D eigenvalue weighted by atomic mass is 16.2. The normalized spacial score (nSPS) is 25.7. The molecule has 0 bridgehead atoms. The summed E-state index contributed by atoms with van der Waals surface area (Å²) in [5, 5.41) is 0. The predicted molar refractivity (Wildman–Crippen MR) is 53.4 cm³/mol. The van der Waals surface area contributed by atoms with Crippen molar-refractivity contribution in [3.8, 4) is 0 Å². The lowest BCUT2D eigenvalue weighted by molar-refractivity contribution is -0.134. The Morgan fingerprint density at radius 3 is 2.92 bits per heavy atom. The van der Waals surface area contributed by atoms with Crippen LogP contribution in [-0.2, 0) is 4.79 Å². The maximum atomic E-state index is 11.7. The van der Waals surface area contributed by atoms with Crippen LogP contribution in [0.3, 0.4) is 0 Å². The van der Waals surface area contributed by atoms with Gasteiger partial charge in [0.2, 0.25) is 5.91 Å². The van der Waals surface area contributed by atoms with E-state index < -0.39 is 0 Å². The van der Waals surface area contributed by atoms with Crippen LogP contribution in [0.2, 0.25) is 0 Å². The molecule has 1 saturated heterocycles. The number of hydrogen-bond acceptors (Lipinski definition) is 2. The van der Waals surface area contributed by atoms with Crippen molar-refractivity contribution in [1.29, 1.82) is 0 Å². The van der Waals surface area contributed by atoms with Crippen molar-refractivity contribution >= 4 is 13.8 Å². The van der Waals surface area contributed by atoms with Crippen molar-refractivity contribution in [1.82, 2.24) is 4.90 Å². The number of rotatable bonds is 2. The van der Waals surface area contributed by atoms with E-state index in [1.165, 1.54) is 0 Å². The smallest absolute Gasteiger partial charge is 0.239 e. The van der Waals surface area contributed by atoms with E-state index in [0.29, 0.717) is 6.42 Å². The van der Waals surface area contributed by atoms with E-state index in [4.69, 9.17) is 13.6 Å². The largest absolute Gasteiger partial charge is 0.347 e. The molecule has 13 heavy (non-hydrogen) atoms. The van der Waals surface area contributed by atoms with Gasteiger partial charge in [-0.2, -0.15) is 0 Å². The molecule has 2 N–H and O–H groups in total. The fourth-order valence-electron chi connectivity index (χ4n) is 1.62. The number of nitrogens with two attached hydrogens (primary N) is 1. The first-order valence-electron chi connectivity index (χ1n) is 4.98. The summed E-state index contributed by atoms with van der Waals surface area (Å²) in [6.07, 6.45) is 3.76. The first-order valence-corrected chi connectivity index (χ1v) is 4.98. The Morgan fingerprint density at radius 2 is 2.38 bits per heavy atom. The van der Waals surface area contributed by atoms with Crippen LogP contribution in [0, 0.1) is 0 Å². The standard InChI is InChI=1S/C9H17BN2O/c1-2-7(11)9(13)12-6-4-3-5-8(12)10/h7-8H,2-6,11H2,1H3. The van der Waals surface area contributed by atoms with E-state index in [-0.39, 0.29) is 17.9 Å². The number of hydrogen-bond donors (Lipinski definition) is 1. The van der Waals surface area contributed by atoms with Gasteiger partial charge in [-0.15, -0.1) is 0 Å². The molecule has 1 heterocycles. The molecule has 72 valence electrons. The molecule has 0 aromatic rings. The minimum absolute atomic E-state index is 0.00898. The highest BCUT2D eigenvalue weighted by Gasteiger charge is 2.25. The Bertz CT molecular complexity index is 186. The minimum atomic E-state index is -0.371. The highest BCUT2D eigenvalue weighted by Crippen LogP contribution is 2.15. The number of nitrogens with zero attached hydrogens (tertiary/aromatic N) is 1. The number of carbonyl (C=O) groups is 1. The summed E-state index contributed by atoms with van der Waals surface area (Å²) in [4.78, 5) is 13.4. The molecule has 0 saturated carbocycles. The molecule has 0 spiro atoms. The molecular weight excluding hydrogens is 163 g/mol. The Labute approximate surface area is 81.1 Å². The van der Waals surface area contributed by atoms with Crippen molar-refractivity contribution in [2.75, 3.05) is 6.54 Å². The average molecular weight is 180 g/mol. The van der Waals surface area contributed by atoms with Gasteiger partial charge in [-0.3, -0.25) is 4.79 Å². The second-order valence-electron chi connectivity index (χ2n) is 3.61. The lowest BCUT2D eigenvalue weighted by Gasteiger charge is -2.35. The zero-order valence-corrected chi connectivity index (χ0v) is 8.20. The van der Waals surface area contributed by atoms with Crippen LogP contribution >= 0.6 is 0 Å². The molecule has 1 aliphatic rings. The Morgan fingerprint density at radius 1 is 1.69 bits per heavy atom. The summed E-state index contributed by atoms with van der Waals surface area (Å²) >= 11 is 0. The molecule has 1 amide bonds. The number of carbonyl (C=O) groups excluding carboxylic acids is 1. The van der Waals surface area contributed by atoms with Crippen molar-refractivity contribution in [2.45, 2.75) is 44.6 Å². The topological polar surface area (TPSA) is 46.3 Å². The van der Waals surface area contributed by atoms with E-state index in [9.17, 15) is 4.79 Å². The summed E-state index contributed by atoms with van der Waals surface area (Å²) in [5.74, 6) is -0.103. The van der Waals surface area contributed by atoms with Crippen LogP contribution in [-0.4, -0.2) is 37.2 Å². The zero-order valence-electron chi connectivity index (χ0n) is 8.20. The molecule has 3 nitrogen and oxygen atoms in total. The summed E-state index contributed by atoms with van der Waals surface area (Å²) in [5.41, 5.74) is 5.66. The third kappa shape index (κ3) is 2.47. The van der Waals surface area contributed by atoms with Crippen LogP contribution in [0.1, 0.15) is 32.6 Å². The predicted octanol–water partition coefficient (Wildman–Crippen LogP) is 0.231. The van der Waals surface area contributed by atoms with Crippen LogP contribution in [0.4, 0.5) is 0 Å². The molecule has 1 aliphatic heterocycles. The van der Waals surface area contributed by atoms with Gasteiger partial charge < -0.3 is 10.6 Å². The summed E-state index contributed by atoms with van der Waals surface area (Å²) in [6, 6.07) is -0.371. The summed E-state index contributed by atoms with van der Waals surface area (Å²) in [6.45, 7) is 2.69. The average Bonchev–Trinajstić information content (AvgIpc) is 2.16. The molecule has 1 rings (SSSR count). The quantitative estimate of drug-likeness (QED) is 0.618. The van der Waals surface area contributed by atoms with Gasteiger partial charge in [-0.05, 0) is 25.2 Å². The second kappa shape index (κ2) is 4.65. The Hall–Kier alpha value is -0.505. The maximum absolute atomic E-state index is 11.7. The van der Waals surface area contributed by atoms with Crippen LogP contribution in [0.15, 0.2) is 0 Å². The van der Waals surface area contributed by atoms with E-state index >= 15 is 0 Å². The third-order valence-corrected chi connectivity index (χ3v) is 2.59. The molecule has 2 radical (unpaired) electrons. The number of amides is 1. The van der Waals surface area contributed by atoms with Gasteiger partial charge >= 0.3 is 0 Å². The van der Waals surface area contributed by atoms with E-state index in [2.05, 4.69) is 0 Å². The fourth-order valence-corrected chi connectivity index (χ4v) is 1.62. The number of likely N-dealkylation sites (tertiary alicyclic amines) is 1. The lowest BCUT2D eigenvalue weighted by atomic mass is 9.86. The van der Waals surface area contributed by atoms with Crippen molar-refractivity contribution in [3.05, 3.63) is 0 Å². The van der Waals surface area contributed by atoms with Crippen molar-refractivity contribution < 1.29 is 4.79 Å².